The Balaban J connectivity index is 1.54. The lowest BCUT2D eigenvalue weighted by atomic mass is 10.2. The third-order valence-corrected chi connectivity index (χ3v) is 3.97. The van der Waals surface area contributed by atoms with Gasteiger partial charge in [-0.3, -0.25) is 4.79 Å². The smallest absolute Gasteiger partial charge is 0.255 e. The van der Waals surface area contributed by atoms with Gasteiger partial charge in [0.2, 0.25) is 0 Å². The molecule has 1 heterocycles. The first-order chi connectivity index (χ1) is 12.3. The van der Waals surface area contributed by atoms with Crippen molar-refractivity contribution in [2.24, 2.45) is 0 Å². The summed E-state index contributed by atoms with van der Waals surface area (Å²) in [4.78, 5) is 16.4. The molecule has 0 spiro atoms. The standard InChI is InChI=1S/C20H22N2O3/c1-2-3-4-5-12-24-17-9-7-16(8-10-17)22-20(23)15-6-11-19-18(13-15)21-14-25-19/h6-11,13-14H,2-5,12H2,1H3,(H,22,23). The van der Waals surface area contributed by atoms with Crippen molar-refractivity contribution in [3.8, 4) is 5.75 Å². The summed E-state index contributed by atoms with van der Waals surface area (Å²) in [6, 6.07) is 12.6. The van der Waals surface area contributed by atoms with Crippen molar-refractivity contribution < 1.29 is 13.9 Å². The predicted molar refractivity (Wildman–Crippen MR) is 98.0 cm³/mol. The number of carbonyl (C=O) groups is 1. The summed E-state index contributed by atoms with van der Waals surface area (Å²) >= 11 is 0. The summed E-state index contributed by atoms with van der Waals surface area (Å²) in [6.45, 7) is 2.92. The van der Waals surface area contributed by atoms with Gasteiger partial charge in [0.25, 0.3) is 5.91 Å². The first kappa shape index (κ1) is 17.0. The molecular formula is C20H22N2O3. The highest BCUT2D eigenvalue weighted by atomic mass is 16.5. The van der Waals surface area contributed by atoms with E-state index in [1.54, 1.807) is 18.2 Å². The molecule has 3 rings (SSSR count). The van der Waals surface area contributed by atoms with Gasteiger partial charge in [0, 0.05) is 11.3 Å². The Bertz CT molecular complexity index is 824. The maximum Gasteiger partial charge on any atom is 0.255 e. The van der Waals surface area contributed by atoms with Gasteiger partial charge < -0.3 is 14.5 Å². The number of aromatic nitrogens is 1. The first-order valence-corrected chi connectivity index (χ1v) is 8.64. The van der Waals surface area contributed by atoms with Gasteiger partial charge in [-0.1, -0.05) is 26.2 Å². The Labute approximate surface area is 147 Å². The Morgan fingerprint density at radius 1 is 1.12 bits per heavy atom. The topological polar surface area (TPSA) is 64.4 Å². The monoisotopic (exact) mass is 338 g/mol. The van der Waals surface area contributed by atoms with Crippen LogP contribution in [-0.4, -0.2) is 17.5 Å². The average molecular weight is 338 g/mol. The minimum atomic E-state index is -0.182. The molecule has 0 bridgehead atoms. The summed E-state index contributed by atoms with van der Waals surface area (Å²) < 4.78 is 10.9. The van der Waals surface area contributed by atoms with Crippen LogP contribution in [-0.2, 0) is 0 Å². The van der Waals surface area contributed by atoms with E-state index in [-0.39, 0.29) is 5.91 Å². The van der Waals surface area contributed by atoms with E-state index in [4.69, 9.17) is 9.15 Å². The summed E-state index contributed by atoms with van der Waals surface area (Å²) in [5.41, 5.74) is 2.60. The molecule has 3 aromatic rings. The molecular weight excluding hydrogens is 316 g/mol. The van der Waals surface area contributed by atoms with Crippen LogP contribution in [0.4, 0.5) is 5.69 Å². The zero-order valence-corrected chi connectivity index (χ0v) is 14.3. The molecule has 5 nitrogen and oxygen atoms in total. The van der Waals surface area contributed by atoms with Gasteiger partial charge in [-0.25, -0.2) is 4.98 Å². The van der Waals surface area contributed by atoms with Gasteiger partial charge in [-0.2, -0.15) is 0 Å². The van der Waals surface area contributed by atoms with Crippen molar-refractivity contribution in [3.63, 3.8) is 0 Å². The number of carbonyl (C=O) groups excluding carboxylic acids is 1. The number of nitrogens with zero attached hydrogens (tertiary/aromatic N) is 1. The van der Waals surface area contributed by atoms with E-state index in [0.717, 1.165) is 24.5 Å². The number of hydrogen-bond donors (Lipinski definition) is 1. The fourth-order valence-corrected chi connectivity index (χ4v) is 2.56. The van der Waals surface area contributed by atoms with Crippen molar-refractivity contribution in [1.29, 1.82) is 0 Å². The number of benzene rings is 2. The number of oxazole rings is 1. The number of rotatable bonds is 8. The number of anilines is 1. The quantitative estimate of drug-likeness (QED) is 0.584. The van der Waals surface area contributed by atoms with Gasteiger partial charge in [0.1, 0.15) is 11.3 Å². The molecule has 5 heteroatoms. The summed E-state index contributed by atoms with van der Waals surface area (Å²) in [5, 5.41) is 2.87. The van der Waals surface area contributed by atoms with E-state index in [1.807, 2.05) is 24.3 Å². The fourth-order valence-electron chi connectivity index (χ4n) is 2.56. The van der Waals surface area contributed by atoms with Crippen LogP contribution in [0.5, 0.6) is 5.75 Å². The molecule has 0 aliphatic rings. The second-order valence-corrected chi connectivity index (χ2v) is 5.92. The lowest BCUT2D eigenvalue weighted by Gasteiger charge is -2.08. The molecule has 0 saturated heterocycles. The zero-order chi connectivity index (χ0) is 17.5. The SMILES string of the molecule is CCCCCCOc1ccc(NC(=O)c2ccc3ocnc3c2)cc1. The molecule has 0 aliphatic carbocycles. The van der Waals surface area contributed by atoms with E-state index < -0.39 is 0 Å². The number of nitrogens with one attached hydrogen (secondary N) is 1. The molecule has 0 atom stereocenters. The summed E-state index contributed by atoms with van der Waals surface area (Å²) in [7, 11) is 0. The molecule has 2 aromatic carbocycles. The number of amides is 1. The minimum absolute atomic E-state index is 0.182. The Hall–Kier alpha value is -2.82. The van der Waals surface area contributed by atoms with Crippen LogP contribution in [0, 0.1) is 0 Å². The van der Waals surface area contributed by atoms with Crippen molar-refractivity contribution in [2.75, 3.05) is 11.9 Å². The maximum atomic E-state index is 12.3. The third kappa shape index (κ3) is 4.59. The lowest BCUT2D eigenvalue weighted by Crippen LogP contribution is -2.11. The molecule has 0 fully saturated rings. The van der Waals surface area contributed by atoms with Crippen LogP contribution < -0.4 is 10.1 Å². The van der Waals surface area contributed by atoms with Gasteiger partial charge in [0.15, 0.2) is 12.0 Å². The minimum Gasteiger partial charge on any atom is -0.494 e. The second kappa shape index (κ2) is 8.33. The average Bonchev–Trinajstić information content (AvgIpc) is 3.10. The van der Waals surface area contributed by atoms with E-state index in [9.17, 15) is 4.79 Å². The Kier molecular flexibility index (Phi) is 5.67. The highest BCUT2D eigenvalue weighted by Gasteiger charge is 2.09. The lowest BCUT2D eigenvalue weighted by molar-refractivity contribution is 0.102. The van der Waals surface area contributed by atoms with E-state index >= 15 is 0 Å². The van der Waals surface area contributed by atoms with Gasteiger partial charge >= 0.3 is 0 Å². The highest BCUT2D eigenvalue weighted by molar-refractivity contribution is 6.05. The van der Waals surface area contributed by atoms with Crippen LogP contribution in [0.15, 0.2) is 53.3 Å². The highest BCUT2D eigenvalue weighted by Crippen LogP contribution is 2.19. The van der Waals surface area contributed by atoms with Crippen LogP contribution in [0.2, 0.25) is 0 Å². The summed E-state index contributed by atoms with van der Waals surface area (Å²) in [5.74, 6) is 0.636. The fraction of sp³-hybridized carbons (Fsp3) is 0.300. The number of hydrogen-bond acceptors (Lipinski definition) is 4. The molecule has 0 aliphatic heterocycles. The van der Waals surface area contributed by atoms with E-state index in [1.165, 1.54) is 25.7 Å². The summed E-state index contributed by atoms with van der Waals surface area (Å²) in [6.07, 6.45) is 6.09. The number of fused-ring (bicyclic) bond motifs is 1. The van der Waals surface area contributed by atoms with Crippen molar-refractivity contribution in [2.45, 2.75) is 32.6 Å². The van der Waals surface area contributed by atoms with Crippen LogP contribution in [0.25, 0.3) is 11.1 Å². The second-order valence-electron chi connectivity index (χ2n) is 5.92. The largest absolute Gasteiger partial charge is 0.494 e. The predicted octanol–water partition coefficient (Wildman–Crippen LogP) is 5.04. The molecule has 1 aromatic heterocycles. The number of ether oxygens (including phenoxy) is 1. The Morgan fingerprint density at radius 2 is 1.96 bits per heavy atom. The molecule has 0 saturated carbocycles. The van der Waals surface area contributed by atoms with Crippen molar-refractivity contribution >= 4 is 22.7 Å². The van der Waals surface area contributed by atoms with Crippen LogP contribution in [0.1, 0.15) is 43.0 Å². The molecule has 1 amide bonds. The van der Waals surface area contributed by atoms with Crippen LogP contribution >= 0.6 is 0 Å². The van der Waals surface area contributed by atoms with E-state index in [2.05, 4.69) is 17.2 Å². The normalized spacial score (nSPS) is 10.8. The molecule has 1 N–H and O–H groups in total. The zero-order valence-electron chi connectivity index (χ0n) is 14.3. The van der Waals surface area contributed by atoms with Crippen LogP contribution in [0.3, 0.4) is 0 Å². The maximum absolute atomic E-state index is 12.3. The van der Waals surface area contributed by atoms with Crippen molar-refractivity contribution in [3.05, 3.63) is 54.4 Å². The molecule has 25 heavy (non-hydrogen) atoms. The number of unbranched alkanes of at least 4 members (excludes halogenated alkanes) is 3. The first-order valence-electron chi connectivity index (χ1n) is 8.64. The Morgan fingerprint density at radius 3 is 2.76 bits per heavy atom. The molecule has 0 radical (unpaired) electrons. The van der Waals surface area contributed by atoms with E-state index in [0.29, 0.717) is 16.7 Å². The van der Waals surface area contributed by atoms with Gasteiger partial charge in [-0.15, -0.1) is 0 Å². The molecule has 130 valence electrons. The van der Waals surface area contributed by atoms with Gasteiger partial charge in [0.05, 0.1) is 6.61 Å². The third-order valence-electron chi connectivity index (χ3n) is 3.97. The van der Waals surface area contributed by atoms with Gasteiger partial charge in [-0.05, 0) is 48.9 Å². The van der Waals surface area contributed by atoms with Crippen molar-refractivity contribution in [1.82, 2.24) is 4.98 Å². The molecule has 0 unspecified atom stereocenters.